The SMILES string of the molecule is Cc1cc(Cc2ccc(C3=CC(=O)NC3=O)c(C)c2)ccc1C1=CC(=O)NC1=O. The molecule has 0 spiro atoms. The molecule has 2 aromatic carbocycles. The van der Waals surface area contributed by atoms with Gasteiger partial charge >= 0.3 is 0 Å². The van der Waals surface area contributed by atoms with Crippen LogP contribution in [0.4, 0.5) is 0 Å². The lowest BCUT2D eigenvalue weighted by Gasteiger charge is -2.11. The van der Waals surface area contributed by atoms with Crippen LogP contribution in [0.5, 0.6) is 0 Å². The summed E-state index contributed by atoms with van der Waals surface area (Å²) >= 11 is 0. The van der Waals surface area contributed by atoms with Crippen molar-refractivity contribution in [2.75, 3.05) is 0 Å². The molecule has 2 aliphatic heterocycles. The number of carbonyl (C=O) groups is 4. The van der Waals surface area contributed by atoms with Crippen molar-refractivity contribution in [1.29, 1.82) is 0 Å². The van der Waals surface area contributed by atoms with Crippen LogP contribution in [-0.2, 0) is 25.6 Å². The second-order valence-electron chi connectivity index (χ2n) is 7.23. The van der Waals surface area contributed by atoms with Gasteiger partial charge in [0.1, 0.15) is 0 Å². The minimum Gasteiger partial charge on any atom is -0.289 e. The normalized spacial score (nSPS) is 15.9. The molecule has 2 N–H and O–H groups in total. The maximum Gasteiger partial charge on any atom is 0.258 e. The first-order chi connectivity index (χ1) is 13.8. The highest BCUT2D eigenvalue weighted by Crippen LogP contribution is 2.26. The van der Waals surface area contributed by atoms with E-state index in [1.165, 1.54) is 12.2 Å². The van der Waals surface area contributed by atoms with E-state index in [1.54, 1.807) is 0 Å². The molecule has 0 fully saturated rings. The van der Waals surface area contributed by atoms with Gasteiger partial charge in [0.25, 0.3) is 23.6 Å². The lowest BCUT2D eigenvalue weighted by Crippen LogP contribution is -2.21. The lowest BCUT2D eigenvalue weighted by molar-refractivity contribution is -0.124. The monoisotopic (exact) mass is 386 g/mol. The molecule has 4 amide bonds. The molecular formula is C23H18N2O4. The smallest absolute Gasteiger partial charge is 0.258 e. The van der Waals surface area contributed by atoms with Gasteiger partial charge in [0.15, 0.2) is 0 Å². The van der Waals surface area contributed by atoms with Crippen molar-refractivity contribution in [3.8, 4) is 0 Å². The van der Waals surface area contributed by atoms with Crippen molar-refractivity contribution >= 4 is 34.8 Å². The highest BCUT2D eigenvalue weighted by atomic mass is 16.2. The molecule has 0 unspecified atom stereocenters. The topological polar surface area (TPSA) is 92.3 Å². The number of imide groups is 2. The van der Waals surface area contributed by atoms with E-state index < -0.39 is 11.8 Å². The number of hydrogen-bond donors (Lipinski definition) is 2. The number of aryl methyl sites for hydroxylation is 2. The van der Waals surface area contributed by atoms with Gasteiger partial charge in [0.2, 0.25) is 0 Å². The number of amides is 4. The Morgan fingerprint density at radius 2 is 1.07 bits per heavy atom. The average Bonchev–Trinajstić information content (AvgIpc) is 3.15. The van der Waals surface area contributed by atoms with E-state index in [-0.39, 0.29) is 11.8 Å². The Bertz CT molecular complexity index is 1080. The van der Waals surface area contributed by atoms with Crippen molar-refractivity contribution in [3.63, 3.8) is 0 Å². The quantitative estimate of drug-likeness (QED) is 0.786. The summed E-state index contributed by atoms with van der Waals surface area (Å²) in [5, 5.41) is 4.53. The molecule has 0 saturated carbocycles. The van der Waals surface area contributed by atoms with Crippen molar-refractivity contribution in [2.45, 2.75) is 20.3 Å². The van der Waals surface area contributed by atoms with Crippen LogP contribution in [0.3, 0.4) is 0 Å². The molecule has 0 aliphatic carbocycles. The van der Waals surface area contributed by atoms with Gasteiger partial charge in [-0.05, 0) is 53.6 Å². The van der Waals surface area contributed by atoms with E-state index in [4.69, 9.17) is 0 Å². The molecule has 0 aromatic heterocycles. The fraction of sp³-hybridized carbons (Fsp3) is 0.130. The van der Waals surface area contributed by atoms with Gasteiger partial charge in [-0.3, -0.25) is 29.8 Å². The summed E-state index contributed by atoms with van der Waals surface area (Å²) in [4.78, 5) is 46.5. The van der Waals surface area contributed by atoms with Gasteiger partial charge in [-0.2, -0.15) is 0 Å². The Hall–Kier alpha value is -3.80. The van der Waals surface area contributed by atoms with Crippen LogP contribution in [0.25, 0.3) is 11.1 Å². The molecule has 6 heteroatoms. The Kier molecular flexibility index (Phi) is 4.47. The number of carbonyl (C=O) groups excluding carboxylic acids is 4. The van der Waals surface area contributed by atoms with Gasteiger partial charge < -0.3 is 0 Å². The van der Waals surface area contributed by atoms with E-state index in [0.717, 1.165) is 33.4 Å². The zero-order valence-corrected chi connectivity index (χ0v) is 16.0. The average molecular weight is 386 g/mol. The number of benzene rings is 2. The first-order valence-electron chi connectivity index (χ1n) is 9.15. The van der Waals surface area contributed by atoms with E-state index in [0.29, 0.717) is 17.6 Å². The van der Waals surface area contributed by atoms with Crippen LogP contribution >= 0.6 is 0 Å². The van der Waals surface area contributed by atoms with Crippen LogP contribution in [0.1, 0.15) is 33.4 Å². The molecule has 0 atom stereocenters. The third kappa shape index (κ3) is 3.52. The highest BCUT2D eigenvalue weighted by Gasteiger charge is 2.24. The van der Waals surface area contributed by atoms with Gasteiger partial charge in [-0.15, -0.1) is 0 Å². The van der Waals surface area contributed by atoms with Crippen LogP contribution < -0.4 is 10.6 Å². The first-order valence-corrected chi connectivity index (χ1v) is 9.15. The summed E-state index contributed by atoms with van der Waals surface area (Å²) in [5.74, 6) is -1.53. The summed E-state index contributed by atoms with van der Waals surface area (Å²) in [6, 6.07) is 11.6. The number of rotatable bonds is 4. The largest absolute Gasteiger partial charge is 0.289 e. The van der Waals surface area contributed by atoms with Gasteiger partial charge in [0.05, 0.1) is 11.1 Å². The molecule has 2 aliphatic rings. The molecule has 0 bridgehead atoms. The predicted octanol–water partition coefficient (Wildman–Crippen LogP) is 1.97. The van der Waals surface area contributed by atoms with E-state index in [1.807, 2.05) is 50.2 Å². The van der Waals surface area contributed by atoms with E-state index in [2.05, 4.69) is 10.6 Å². The van der Waals surface area contributed by atoms with E-state index >= 15 is 0 Å². The molecule has 144 valence electrons. The Morgan fingerprint density at radius 3 is 1.38 bits per heavy atom. The first kappa shape index (κ1) is 18.6. The van der Waals surface area contributed by atoms with Crippen LogP contribution in [-0.4, -0.2) is 23.6 Å². The molecule has 6 nitrogen and oxygen atoms in total. The van der Waals surface area contributed by atoms with Crippen LogP contribution in [0, 0.1) is 13.8 Å². The van der Waals surface area contributed by atoms with Crippen molar-refractivity contribution < 1.29 is 19.2 Å². The maximum absolute atomic E-state index is 11.9. The Balaban J connectivity index is 1.57. The highest BCUT2D eigenvalue weighted by molar-refractivity contribution is 6.34. The third-order valence-electron chi connectivity index (χ3n) is 5.08. The Morgan fingerprint density at radius 1 is 0.655 bits per heavy atom. The zero-order chi connectivity index (χ0) is 20.7. The Labute approximate surface area is 167 Å². The van der Waals surface area contributed by atoms with Crippen LogP contribution in [0.15, 0.2) is 48.6 Å². The molecule has 2 heterocycles. The minimum absolute atomic E-state index is 0.374. The fourth-order valence-electron chi connectivity index (χ4n) is 3.74. The van der Waals surface area contributed by atoms with Crippen molar-refractivity contribution in [3.05, 3.63) is 81.9 Å². The molecule has 29 heavy (non-hydrogen) atoms. The second-order valence-corrected chi connectivity index (χ2v) is 7.23. The van der Waals surface area contributed by atoms with Gasteiger partial charge in [0, 0.05) is 12.2 Å². The summed E-state index contributed by atoms with van der Waals surface area (Å²) < 4.78 is 0. The molecule has 0 saturated heterocycles. The van der Waals surface area contributed by atoms with Gasteiger partial charge in [-0.25, -0.2) is 0 Å². The zero-order valence-electron chi connectivity index (χ0n) is 16.0. The lowest BCUT2D eigenvalue weighted by atomic mass is 9.93. The van der Waals surface area contributed by atoms with Crippen molar-refractivity contribution in [1.82, 2.24) is 10.6 Å². The number of hydrogen-bond acceptors (Lipinski definition) is 4. The summed E-state index contributed by atoms with van der Waals surface area (Å²) in [6.07, 6.45) is 3.33. The minimum atomic E-state index is -0.392. The molecule has 4 rings (SSSR count). The predicted molar refractivity (Wildman–Crippen MR) is 107 cm³/mol. The van der Waals surface area contributed by atoms with Gasteiger partial charge in [-0.1, -0.05) is 36.4 Å². The standard InChI is InChI=1S/C23H18N2O4/c1-12-7-14(3-5-16(12)18-10-20(26)24-22(18)28)9-15-4-6-17(13(2)8-15)19-11-21(27)25-23(19)29/h3-8,10-11H,9H2,1-2H3,(H,24,26,28)(H,25,27,29). The summed E-state index contributed by atoms with van der Waals surface area (Å²) in [6.45, 7) is 3.82. The summed E-state index contributed by atoms with van der Waals surface area (Å²) in [7, 11) is 0. The van der Waals surface area contributed by atoms with Crippen LogP contribution in [0.2, 0.25) is 0 Å². The second kappa shape index (κ2) is 6.98. The van der Waals surface area contributed by atoms with Crippen molar-refractivity contribution in [2.24, 2.45) is 0 Å². The molecular weight excluding hydrogens is 368 g/mol. The number of nitrogens with one attached hydrogen (secondary N) is 2. The fourth-order valence-corrected chi connectivity index (χ4v) is 3.74. The third-order valence-corrected chi connectivity index (χ3v) is 5.08. The maximum atomic E-state index is 11.9. The van der Waals surface area contributed by atoms with E-state index in [9.17, 15) is 19.2 Å². The molecule has 2 aromatic rings. The molecule has 0 radical (unpaired) electrons. The summed E-state index contributed by atoms with van der Waals surface area (Å²) in [5.41, 5.74) is 6.22.